The Hall–Kier alpha value is -2.36. The van der Waals surface area contributed by atoms with Gasteiger partial charge in [0, 0.05) is 5.56 Å². The lowest BCUT2D eigenvalue weighted by atomic mass is 10.2. The molecule has 0 spiro atoms. The molecule has 2 rings (SSSR count). The number of anilines is 2. The van der Waals surface area contributed by atoms with Crippen molar-refractivity contribution in [3.8, 4) is 0 Å². The highest BCUT2D eigenvalue weighted by molar-refractivity contribution is 6.05. The van der Waals surface area contributed by atoms with Crippen molar-refractivity contribution in [2.24, 2.45) is 0 Å². The number of benzene rings is 2. The second-order valence-corrected chi connectivity index (χ2v) is 3.51. The third-order valence-corrected chi connectivity index (χ3v) is 2.35. The minimum Gasteiger partial charge on any atom is -0.397 e. The van der Waals surface area contributed by atoms with Gasteiger partial charge in [-0.25, -0.2) is 0 Å². The highest BCUT2D eigenvalue weighted by atomic mass is 19.2. The van der Waals surface area contributed by atoms with Crippen molar-refractivity contribution < 1.29 is 9.28 Å². The molecule has 0 bridgehead atoms. The Labute approximate surface area is 98.2 Å². The first-order valence-corrected chi connectivity index (χ1v) is 5.10. The van der Waals surface area contributed by atoms with Gasteiger partial charge in [-0.15, -0.1) is 5.12 Å². The van der Waals surface area contributed by atoms with Crippen LogP contribution < -0.4 is 10.9 Å². The molecule has 1 amide bonds. The predicted molar refractivity (Wildman–Crippen MR) is 65.2 cm³/mol. The third kappa shape index (κ3) is 2.25. The first-order chi connectivity index (χ1) is 8.20. The number of nitrogen functional groups attached to an aromatic ring is 1. The summed E-state index contributed by atoms with van der Waals surface area (Å²) in [5.41, 5.74) is 6.16. The summed E-state index contributed by atoms with van der Waals surface area (Å²) in [6.07, 6.45) is 0. The van der Waals surface area contributed by atoms with Gasteiger partial charge in [-0.1, -0.05) is 34.8 Å². The molecule has 17 heavy (non-hydrogen) atoms. The molecule has 2 aromatic rings. The summed E-state index contributed by atoms with van der Waals surface area (Å²) in [5.74, 6) is -0.733. The van der Waals surface area contributed by atoms with Crippen LogP contribution in [0.3, 0.4) is 0 Å². The van der Waals surface area contributed by atoms with Gasteiger partial charge in [0.25, 0.3) is 5.91 Å². The average molecular weight is 230 g/mol. The van der Waals surface area contributed by atoms with E-state index in [9.17, 15) is 9.28 Å². The van der Waals surface area contributed by atoms with Crippen LogP contribution in [0.2, 0.25) is 0 Å². The molecule has 0 fully saturated rings. The fourth-order valence-corrected chi connectivity index (χ4v) is 1.47. The van der Waals surface area contributed by atoms with E-state index < -0.39 is 5.91 Å². The Morgan fingerprint density at radius 2 is 1.59 bits per heavy atom. The van der Waals surface area contributed by atoms with Crippen molar-refractivity contribution in [3.63, 3.8) is 0 Å². The van der Waals surface area contributed by atoms with E-state index in [1.807, 2.05) is 0 Å². The number of halogens is 1. The molecular weight excluding hydrogens is 219 g/mol. The normalized spacial score (nSPS) is 9.94. The van der Waals surface area contributed by atoms with E-state index in [1.165, 1.54) is 6.07 Å². The maximum absolute atomic E-state index is 13.9. The zero-order chi connectivity index (χ0) is 12.3. The summed E-state index contributed by atoms with van der Waals surface area (Å²) < 4.78 is 13.9. The average Bonchev–Trinajstić information content (AvgIpc) is 2.39. The van der Waals surface area contributed by atoms with Gasteiger partial charge in [0.15, 0.2) is 0 Å². The number of hydrogen-bond donors (Lipinski definition) is 1. The van der Waals surface area contributed by atoms with Crippen LogP contribution in [0, 0.1) is 0 Å². The molecule has 86 valence electrons. The molecule has 0 saturated carbocycles. The van der Waals surface area contributed by atoms with Crippen molar-refractivity contribution >= 4 is 17.3 Å². The number of rotatable bonds is 2. The highest BCUT2D eigenvalue weighted by Crippen LogP contribution is 2.24. The van der Waals surface area contributed by atoms with Crippen LogP contribution in [0.1, 0.15) is 10.4 Å². The molecule has 2 aromatic carbocycles. The summed E-state index contributed by atoms with van der Waals surface area (Å²) in [6, 6.07) is 14.5. The summed E-state index contributed by atoms with van der Waals surface area (Å²) in [7, 11) is 0. The molecule has 0 unspecified atom stereocenters. The van der Waals surface area contributed by atoms with E-state index in [4.69, 9.17) is 5.73 Å². The second-order valence-electron chi connectivity index (χ2n) is 3.51. The maximum atomic E-state index is 13.9. The van der Waals surface area contributed by atoms with Gasteiger partial charge in [-0.3, -0.25) is 4.79 Å². The monoisotopic (exact) mass is 230 g/mol. The second kappa shape index (κ2) is 4.65. The highest BCUT2D eigenvalue weighted by Gasteiger charge is 2.18. The minimum atomic E-state index is -0.733. The molecule has 2 N–H and O–H groups in total. The molecule has 0 saturated heterocycles. The zero-order valence-electron chi connectivity index (χ0n) is 9.01. The lowest BCUT2D eigenvalue weighted by Gasteiger charge is -2.13. The number of para-hydroxylation sites is 2. The Bertz CT molecular complexity index is 528. The van der Waals surface area contributed by atoms with E-state index in [-0.39, 0.29) is 22.1 Å². The van der Waals surface area contributed by atoms with Crippen LogP contribution in [0.5, 0.6) is 0 Å². The molecule has 0 heterocycles. The molecular formula is C13H11FN2O. The van der Waals surface area contributed by atoms with E-state index in [0.29, 0.717) is 0 Å². The fraction of sp³-hybridized carbons (Fsp3) is 0. The fourth-order valence-electron chi connectivity index (χ4n) is 1.47. The molecule has 0 radical (unpaired) electrons. The molecule has 0 aliphatic rings. The SMILES string of the molecule is Nc1ccccc1N(F)C(=O)c1ccccc1. The van der Waals surface area contributed by atoms with Gasteiger partial charge in [0.2, 0.25) is 0 Å². The number of nitrogens with zero attached hydrogens (tertiary/aromatic N) is 1. The summed E-state index contributed by atoms with van der Waals surface area (Å²) in [6.45, 7) is 0. The molecule has 0 aliphatic carbocycles. The minimum absolute atomic E-state index is 0.0568. The van der Waals surface area contributed by atoms with Crippen LogP contribution >= 0.6 is 0 Å². The van der Waals surface area contributed by atoms with E-state index in [2.05, 4.69) is 0 Å². The lowest BCUT2D eigenvalue weighted by molar-refractivity contribution is 0.0931. The third-order valence-electron chi connectivity index (χ3n) is 2.35. The van der Waals surface area contributed by atoms with Crippen LogP contribution in [0.4, 0.5) is 15.9 Å². The van der Waals surface area contributed by atoms with E-state index in [1.54, 1.807) is 48.5 Å². The maximum Gasteiger partial charge on any atom is 0.286 e. The summed E-state index contributed by atoms with van der Waals surface area (Å²) in [5, 5.41) is 0.0602. The van der Waals surface area contributed by atoms with Crippen molar-refractivity contribution in [2.75, 3.05) is 10.9 Å². The summed E-state index contributed by atoms with van der Waals surface area (Å²) >= 11 is 0. The standard InChI is InChI=1S/C13H11FN2O/c14-16(12-9-5-4-8-11(12)15)13(17)10-6-2-1-3-7-10/h1-9H,15H2. The van der Waals surface area contributed by atoms with Gasteiger partial charge in [0.1, 0.15) is 5.69 Å². The molecule has 4 heteroatoms. The van der Waals surface area contributed by atoms with Crippen molar-refractivity contribution in [1.29, 1.82) is 0 Å². The van der Waals surface area contributed by atoms with Crippen LogP contribution in [-0.2, 0) is 0 Å². The lowest BCUT2D eigenvalue weighted by Crippen LogP contribution is -2.22. The first-order valence-electron chi connectivity index (χ1n) is 5.10. The van der Waals surface area contributed by atoms with Crippen LogP contribution in [0.25, 0.3) is 0 Å². The quantitative estimate of drug-likeness (QED) is 0.637. The number of amides is 1. The van der Waals surface area contributed by atoms with Crippen LogP contribution in [-0.4, -0.2) is 5.91 Å². The van der Waals surface area contributed by atoms with Gasteiger partial charge >= 0.3 is 0 Å². The Morgan fingerprint density at radius 3 is 2.24 bits per heavy atom. The molecule has 0 aliphatic heterocycles. The van der Waals surface area contributed by atoms with Gasteiger partial charge < -0.3 is 5.73 Å². The Kier molecular flexibility index (Phi) is 3.05. The Balaban J connectivity index is 2.30. The topological polar surface area (TPSA) is 46.3 Å². The molecule has 0 atom stereocenters. The number of carbonyl (C=O) groups is 1. The molecule has 3 nitrogen and oxygen atoms in total. The zero-order valence-corrected chi connectivity index (χ0v) is 9.01. The van der Waals surface area contributed by atoms with Crippen molar-refractivity contribution in [3.05, 3.63) is 60.2 Å². The van der Waals surface area contributed by atoms with Crippen molar-refractivity contribution in [2.45, 2.75) is 0 Å². The smallest absolute Gasteiger partial charge is 0.286 e. The van der Waals surface area contributed by atoms with E-state index in [0.717, 1.165) is 0 Å². The number of hydrogen-bond acceptors (Lipinski definition) is 2. The van der Waals surface area contributed by atoms with Gasteiger partial charge in [-0.05, 0) is 24.3 Å². The van der Waals surface area contributed by atoms with Crippen LogP contribution in [0.15, 0.2) is 54.6 Å². The largest absolute Gasteiger partial charge is 0.397 e. The predicted octanol–water partition coefficient (Wildman–Crippen LogP) is 2.80. The van der Waals surface area contributed by atoms with Crippen molar-refractivity contribution in [1.82, 2.24) is 0 Å². The Morgan fingerprint density at radius 1 is 1.00 bits per heavy atom. The molecule has 0 aromatic heterocycles. The number of carbonyl (C=O) groups excluding carboxylic acids is 1. The summed E-state index contributed by atoms with van der Waals surface area (Å²) in [4.78, 5) is 11.8. The van der Waals surface area contributed by atoms with Gasteiger partial charge in [0.05, 0.1) is 5.69 Å². The number of nitrogens with two attached hydrogens (primary N) is 1. The van der Waals surface area contributed by atoms with Gasteiger partial charge in [-0.2, -0.15) is 0 Å². The first kappa shape index (κ1) is 11.1. The van der Waals surface area contributed by atoms with E-state index >= 15 is 0 Å².